The fourth-order valence-electron chi connectivity index (χ4n) is 1.18. The number of rotatable bonds is 3. The van der Waals surface area contributed by atoms with Gasteiger partial charge >= 0.3 is 18.1 Å². The maximum absolute atomic E-state index is 11.9. The molecule has 0 bridgehead atoms. The number of carboxylic acid groups (broad SMARTS) is 1. The van der Waals surface area contributed by atoms with Gasteiger partial charge in [0.25, 0.3) is 0 Å². The molecule has 1 rings (SSSR count). The van der Waals surface area contributed by atoms with Crippen molar-refractivity contribution in [2.45, 2.75) is 6.18 Å². The van der Waals surface area contributed by atoms with E-state index in [1.54, 1.807) is 5.43 Å². The molecule has 1 heterocycles. The van der Waals surface area contributed by atoms with Gasteiger partial charge in [-0.25, -0.2) is 0 Å². The number of nitrogens with zero attached hydrogens (tertiary/aromatic N) is 2. The Morgan fingerprint density at radius 2 is 2.00 bits per heavy atom. The number of hydrogen-bond donors (Lipinski definition) is 2. The molecular formula is C7H8F3N3O3S. The molecule has 0 aromatic heterocycles. The largest absolute Gasteiger partial charge is 0.480 e. The molecule has 0 radical (unpaired) electrons. The number of hydrogen-bond acceptors (Lipinski definition) is 3. The van der Waals surface area contributed by atoms with Crippen molar-refractivity contribution in [2.24, 2.45) is 0 Å². The van der Waals surface area contributed by atoms with Gasteiger partial charge in [0.1, 0.15) is 6.54 Å². The first-order chi connectivity index (χ1) is 7.71. The number of amides is 1. The van der Waals surface area contributed by atoms with E-state index in [0.29, 0.717) is 0 Å². The standard InChI is InChI=1S/C7H8F3N3O3S/c8-7(9,10)5(16)11-13-2-1-12(6(13)17)3-4(14)15/h1-3H2,(H,11,16)(H,14,15). The maximum Gasteiger partial charge on any atom is 0.472 e. The minimum absolute atomic E-state index is 0.00787. The van der Waals surface area contributed by atoms with Crippen LogP contribution in [-0.2, 0) is 9.59 Å². The van der Waals surface area contributed by atoms with Crippen LogP contribution in [0.25, 0.3) is 0 Å². The van der Waals surface area contributed by atoms with E-state index in [2.05, 4.69) is 0 Å². The molecule has 0 aliphatic carbocycles. The molecule has 0 aromatic rings. The summed E-state index contributed by atoms with van der Waals surface area (Å²) in [6.45, 7) is -0.269. The summed E-state index contributed by atoms with van der Waals surface area (Å²) in [5, 5.41) is 9.15. The Morgan fingerprint density at radius 1 is 1.41 bits per heavy atom. The van der Waals surface area contributed by atoms with Crippen molar-refractivity contribution in [1.82, 2.24) is 15.3 Å². The quantitative estimate of drug-likeness (QED) is 0.678. The van der Waals surface area contributed by atoms with Crippen LogP contribution in [0.5, 0.6) is 0 Å². The van der Waals surface area contributed by atoms with Crippen LogP contribution in [0.15, 0.2) is 0 Å². The SMILES string of the molecule is O=C(O)CN1CCN(NC(=O)C(F)(F)F)C1=S. The van der Waals surface area contributed by atoms with Crippen LogP contribution in [-0.4, -0.2) is 57.8 Å². The van der Waals surface area contributed by atoms with Gasteiger partial charge in [0.2, 0.25) is 0 Å². The minimum atomic E-state index is -5.00. The highest BCUT2D eigenvalue weighted by Crippen LogP contribution is 2.15. The summed E-state index contributed by atoms with van der Waals surface area (Å²) < 4.78 is 35.8. The summed E-state index contributed by atoms with van der Waals surface area (Å²) in [4.78, 5) is 22.2. The molecule has 0 saturated carbocycles. The number of thiocarbonyl (C=S) groups is 1. The molecule has 10 heteroatoms. The summed E-state index contributed by atoms with van der Waals surface area (Å²) in [5.74, 6) is -3.30. The van der Waals surface area contributed by atoms with Crippen LogP contribution in [0.4, 0.5) is 13.2 Å². The number of nitrogens with one attached hydrogen (secondary N) is 1. The molecule has 1 aliphatic rings. The normalized spacial score (nSPS) is 16.3. The second kappa shape index (κ2) is 4.73. The number of aliphatic carboxylic acids is 1. The summed E-state index contributed by atoms with van der Waals surface area (Å²) >= 11 is 4.73. The molecule has 1 fully saturated rings. The monoisotopic (exact) mass is 271 g/mol. The molecule has 0 unspecified atom stereocenters. The average Bonchev–Trinajstić information content (AvgIpc) is 2.47. The number of carboxylic acids is 1. The molecule has 96 valence electrons. The Bertz CT molecular complexity index is 360. The summed E-state index contributed by atoms with van der Waals surface area (Å²) in [7, 11) is 0. The topological polar surface area (TPSA) is 72.9 Å². The van der Waals surface area contributed by atoms with Gasteiger partial charge in [-0.3, -0.25) is 20.0 Å². The predicted octanol–water partition coefficient (Wildman–Crippen LogP) is -0.433. The Hall–Kier alpha value is -1.58. The zero-order valence-electron chi connectivity index (χ0n) is 8.32. The lowest BCUT2D eigenvalue weighted by atomic mass is 10.5. The minimum Gasteiger partial charge on any atom is -0.480 e. The lowest BCUT2D eigenvalue weighted by Crippen LogP contribution is -2.50. The third-order valence-electron chi connectivity index (χ3n) is 1.92. The number of hydrazine groups is 1. The molecule has 2 N–H and O–H groups in total. The van der Waals surface area contributed by atoms with Gasteiger partial charge in [0.15, 0.2) is 5.11 Å². The zero-order chi connectivity index (χ0) is 13.2. The first-order valence-corrected chi connectivity index (χ1v) is 4.78. The third kappa shape index (κ3) is 3.44. The van der Waals surface area contributed by atoms with Crippen LogP contribution in [0.2, 0.25) is 0 Å². The van der Waals surface area contributed by atoms with Crippen LogP contribution in [0.1, 0.15) is 0 Å². The third-order valence-corrected chi connectivity index (χ3v) is 2.39. The van der Waals surface area contributed by atoms with E-state index in [1.807, 2.05) is 0 Å². The highest BCUT2D eigenvalue weighted by molar-refractivity contribution is 7.80. The van der Waals surface area contributed by atoms with E-state index in [9.17, 15) is 22.8 Å². The molecule has 1 saturated heterocycles. The van der Waals surface area contributed by atoms with E-state index < -0.39 is 24.6 Å². The van der Waals surface area contributed by atoms with Crippen LogP contribution >= 0.6 is 12.2 Å². The van der Waals surface area contributed by atoms with Gasteiger partial charge in [-0.1, -0.05) is 0 Å². The Kier molecular flexibility index (Phi) is 3.76. The maximum atomic E-state index is 11.9. The molecule has 17 heavy (non-hydrogen) atoms. The smallest absolute Gasteiger partial charge is 0.472 e. The fraction of sp³-hybridized carbons (Fsp3) is 0.571. The number of carbonyl (C=O) groups excluding carboxylic acids is 1. The molecule has 1 aliphatic heterocycles. The lowest BCUT2D eigenvalue weighted by molar-refractivity contribution is -0.177. The second-order valence-corrected chi connectivity index (χ2v) is 3.55. The van der Waals surface area contributed by atoms with E-state index in [1.165, 1.54) is 4.90 Å². The van der Waals surface area contributed by atoms with Gasteiger partial charge < -0.3 is 10.0 Å². The van der Waals surface area contributed by atoms with E-state index in [4.69, 9.17) is 17.3 Å². The first-order valence-electron chi connectivity index (χ1n) is 4.38. The van der Waals surface area contributed by atoms with Crippen LogP contribution < -0.4 is 5.43 Å². The van der Waals surface area contributed by atoms with E-state index in [0.717, 1.165) is 5.01 Å². The number of halogens is 3. The summed E-state index contributed by atoms with van der Waals surface area (Å²) in [5.41, 5.74) is 1.57. The zero-order valence-corrected chi connectivity index (χ0v) is 9.14. The molecule has 0 aromatic carbocycles. The van der Waals surface area contributed by atoms with Gasteiger partial charge in [-0.2, -0.15) is 13.2 Å². The number of alkyl halides is 3. The highest BCUT2D eigenvalue weighted by Gasteiger charge is 2.41. The van der Waals surface area contributed by atoms with Gasteiger partial charge in [0.05, 0.1) is 6.54 Å². The van der Waals surface area contributed by atoms with Crippen molar-refractivity contribution in [3.63, 3.8) is 0 Å². The second-order valence-electron chi connectivity index (χ2n) is 3.19. The van der Waals surface area contributed by atoms with E-state index in [-0.39, 0.29) is 18.2 Å². The lowest BCUT2D eigenvalue weighted by Gasteiger charge is -2.21. The summed E-state index contributed by atoms with van der Waals surface area (Å²) in [6.07, 6.45) is -5.00. The Morgan fingerprint density at radius 3 is 2.47 bits per heavy atom. The molecule has 1 amide bonds. The Labute approximate surface area is 98.9 Å². The van der Waals surface area contributed by atoms with Crippen molar-refractivity contribution in [3.05, 3.63) is 0 Å². The van der Waals surface area contributed by atoms with Gasteiger partial charge in [-0.15, -0.1) is 0 Å². The van der Waals surface area contributed by atoms with Crippen LogP contribution in [0, 0.1) is 0 Å². The molecule has 0 spiro atoms. The van der Waals surface area contributed by atoms with Crippen molar-refractivity contribution >= 4 is 29.2 Å². The average molecular weight is 271 g/mol. The fourth-order valence-corrected chi connectivity index (χ4v) is 1.48. The van der Waals surface area contributed by atoms with Crippen LogP contribution in [0.3, 0.4) is 0 Å². The Balaban J connectivity index is 2.56. The van der Waals surface area contributed by atoms with Crippen molar-refractivity contribution in [2.75, 3.05) is 19.6 Å². The van der Waals surface area contributed by atoms with Crippen molar-refractivity contribution in [1.29, 1.82) is 0 Å². The predicted molar refractivity (Wildman–Crippen MR) is 52.7 cm³/mol. The molecule has 6 nitrogen and oxygen atoms in total. The molecular weight excluding hydrogens is 263 g/mol. The number of carbonyl (C=O) groups is 2. The molecule has 0 atom stereocenters. The van der Waals surface area contributed by atoms with Gasteiger partial charge in [0, 0.05) is 6.54 Å². The van der Waals surface area contributed by atoms with Crippen molar-refractivity contribution in [3.8, 4) is 0 Å². The van der Waals surface area contributed by atoms with Gasteiger partial charge in [-0.05, 0) is 12.2 Å². The van der Waals surface area contributed by atoms with Crippen molar-refractivity contribution < 1.29 is 27.9 Å². The summed E-state index contributed by atoms with van der Waals surface area (Å²) in [6, 6.07) is 0. The van der Waals surface area contributed by atoms with E-state index >= 15 is 0 Å². The highest BCUT2D eigenvalue weighted by atomic mass is 32.1. The first kappa shape index (κ1) is 13.5.